The average molecular weight is 306 g/mol. The summed E-state index contributed by atoms with van der Waals surface area (Å²) in [4.78, 5) is 18.1. The molecule has 1 saturated heterocycles. The van der Waals surface area contributed by atoms with Gasteiger partial charge in [0, 0.05) is 19.3 Å². The van der Waals surface area contributed by atoms with Crippen molar-refractivity contribution in [2.45, 2.75) is 58.3 Å². The first kappa shape index (κ1) is 16.7. The lowest BCUT2D eigenvalue weighted by Gasteiger charge is -2.34. The number of ether oxygens (including phenoxy) is 2. The average Bonchev–Trinajstić information content (AvgIpc) is 2.47. The van der Waals surface area contributed by atoms with Crippen LogP contribution in [0.3, 0.4) is 0 Å². The summed E-state index contributed by atoms with van der Waals surface area (Å²) in [5, 5.41) is 0. The molecule has 0 radical (unpaired) electrons. The van der Waals surface area contributed by atoms with Gasteiger partial charge in [-0.2, -0.15) is 0 Å². The molecule has 1 fully saturated rings. The van der Waals surface area contributed by atoms with Crippen molar-refractivity contribution in [1.82, 2.24) is 9.88 Å². The zero-order valence-corrected chi connectivity index (χ0v) is 13.9. The van der Waals surface area contributed by atoms with Crippen molar-refractivity contribution in [2.24, 2.45) is 0 Å². The van der Waals surface area contributed by atoms with Crippen molar-refractivity contribution in [3.8, 4) is 0 Å². The van der Waals surface area contributed by atoms with Gasteiger partial charge in [-0.1, -0.05) is 6.07 Å². The summed E-state index contributed by atoms with van der Waals surface area (Å²) in [5.41, 5.74) is 0.495. The predicted octanol–water partition coefficient (Wildman–Crippen LogP) is 3.56. The maximum atomic E-state index is 12.0. The van der Waals surface area contributed by atoms with E-state index in [1.807, 2.05) is 45.9 Å². The van der Waals surface area contributed by atoms with E-state index in [9.17, 15) is 4.79 Å². The Balaban J connectivity index is 1.79. The van der Waals surface area contributed by atoms with Crippen molar-refractivity contribution in [1.29, 1.82) is 0 Å². The number of pyridine rings is 1. The number of carbonyl (C=O) groups is 1. The van der Waals surface area contributed by atoms with Gasteiger partial charge < -0.3 is 14.4 Å². The first-order valence-electron chi connectivity index (χ1n) is 7.89. The second-order valence-corrected chi connectivity index (χ2v) is 6.70. The Bertz CT molecular complexity index is 476. The van der Waals surface area contributed by atoms with E-state index in [0.29, 0.717) is 13.1 Å². The molecule has 0 aliphatic carbocycles. The summed E-state index contributed by atoms with van der Waals surface area (Å²) in [6.07, 6.45) is 3.34. The van der Waals surface area contributed by atoms with Gasteiger partial charge in [-0.3, -0.25) is 4.98 Å². The van der Waals surface area contributed by atoms with E-state index in [-0.39, 0.29) is 18.3 Å². The number of carbonyl (C=O) groups excluding carboxylic acids is 1. The minimum atomic E-state index is -0.447. The topological polar surface area (TPSA) is 51.7 Å². The number of hydrogen-bond donors (Lipinski definition) is 0. The third-order valence-electron chi connectivity index (χ3n) is 3.59. The molecule has 1 aliphatic heterocycles. The second kappa shape index (κ2) is 7.09. The Labute approximate surface area is 132 Å². The van der Waals surface area contributed by atoms with Crippen LogP contribution in [0, 0.1) is 0 Å². The molecule has 22 heavy (non-hydrogen) atoms. The lowest BCUT2D eigenvalue weighted by atomic mass is 10.1. The van der Waals surface area contributed by atoms with Crippen LogP contribution in [0.5, 0.6) is 0 Å². The predicted molar refractivity (Wildman–Crippen MR) is 84.6 cm³/mol. The van der Waals surface area contributed by atoms with E-state index >= 15 is 0 Å². The van der Waals surface area contributed by atoms with Crippen molar-refractivity contribution < 1.29 is 14.3 Å². The molecule has 0 unspecified atom stereocenters. The molecule has 1 atom stereocenters. The smallest absolute Gasteiger partial charge is 0.410 e. The van der Waals surface area contributed by atoms with E-state index in [4.69, 9.17) is 9.47 Å². The summed E-state index contributed by atoms with van der Waals surface area (Å²) in [6, 6.07) is 5.84. The summed E-state index contributed by atoms with van der Waals surface area (Å²) in [7, 11) is 0. The summed E-state index contributed by atoms with van der Waals surface area (Å²) < 4.78 is 11.5. The van der Waals surface area contributed by atoms with E-state index in [2.05, 4.69) is 4.98 Å². The number of piperidine rings is 1. The monoisotopic (exact) mass is 306 g/mol. The number of aromatic nitrogens is 1. The highest BCUT2D eigenvalue weighted by Gasteiger charge is 2.28. The molecule has 0 saturated carbocycles. The maximum Gasteiger partial charge on any atom is 0.410 e. The molecular formula is C17H26N2O3. The van der Waals surface area contributed by atoms with Gasteiger partial charge in [0.05, 0.1) is 17.9 Å². The first-order valence-corrected chi connectivity index (χ1v) is 7.89. The minimum Gasteiger partial charge on any atom is -0.444 e. The Kier molecular flexibility index (Phi) is 5.40. The van der Waals surface area contributed by atoms with E-state index in [0.717, 1.165) is 18.5 Å². The van der Waals surface area contributed by atoms with Crippen LogP contribution in [0.2, 0.25) is 0 Å². The molecule has 1 aromatic heterocycles. The molecule has 0 spiro atoms. The van der Waals surface area contributed by atoms with Crippen LogP contribution in [0.15, 0.2) is 24.4 Å². The van der Waals surface area contributed by atoms with Crippen molar-refractivity contribution in [3.05, 3.63) is 30.1 Å². The first-order chi connectivity index (χ1) is 10.3. The van der Waals surface area contributed by atoms with Gasteiger partial charge in [-0.05, 0) is 52.7 Å². The van der Waals surface area contributed by atoms with Crippen LogP contribution in [0.1, 0.15) is 52.3 Å². The molecular weight excluding hydrogens is 280 g/mol. The summed E-state index contributed by atoms with van der Waals surface area (Å²) >= 11 is 0. The SMILES string of the molecule is C[C@@H](OC1CCN(C(=O)OC(C)(C)C)CC1)c1ccccn1. The number of hydrogen-bond acceptors (Lipinski definition) is 4. The zero-order chi connectivity index (χ0) is 16.2. The van der Waals surface area contributed by atoms with Crippen LogP contribution in [0.4, 0.5) is 4.79 Å². The molecule has 2 heterocycles. The minimum absolute atomic E-state index is 0.0284. The van der Waals surface area contributed by atoms with Gasteiger partial charge in [0.25, 0.3) is 0 Å². The van der Waals surface area contributed by atoms with Gasteiger partial charge in [0.15, 0.2) is 0 Å². The van der Waals surface area contributed by atoms with Crippen LogP contribution in [0.25, 0.3) is 0 Å². The zero-order valence-electron chi connectivity index (χ0n) is 13.9. The third kappa shape index (κ3) is 4.98. The highest BCUT2D eigenvalue weighted by molar-refractivity contribution is 5.68. The van der Waals surface area contributed by atoms with E-state index in [1.54, 1.807) is 11.1 Å². The van der Waals surface area contributed by atoms with E-state index < -0.39 is 5.60 Å². The second-order valence-electron chi connectivity index (χ2n) is 6.70. The molecule has 0 aromatic carbocycles. The lowest BCUT2D eigenvalue weighted by molar-refractivity contribution is -0.0423. The Morgan fingerprint density at radius 2 is 2.00 bits per heavy atom. The van der Waals surface area contributed by atoms with Gasteiger partial charge in [-0.15, -0.1) is 0 Å². The molecule has 1 aromatic rings. The number of rotatable bonds is 3. The highest BCUT2D eigenvalue weighted by atomic mass is 16.6. The molecule has 2 rings (SSSR count). The third-order valence-corrected chi connectivity index (χ3v) is 3.59. The van der Waals surface area contributed by atoms with Gasteiger partial charge in [-0.25, -0.2) is 4.79 Å². The quantitative estimate of drug-likeness (QED) is 0.857. The fourth-order valence-corrected chi connectivity index (χ4v) is 2.48. The number of likely N-dealkylation sites (tertiary alicyclic amines) is 1. The standard InChI is InChI=1S/C17H26N2O3/c1-13(15-7-5-6-10-18-15)21-14-8-11-19(12-9-14)16(20)22-17(2,3)4/h5-7,10,13-14H,8-9,11-12H2,1-4H3/t13-/m1/s1. The highest BCUT2D eigenvalue weighted by Crippen LogP contribution is 2.23. The molecule has 122 valence electrons. The van der Waals surface area contributed by atoms with Crippen LogP contribution in [-0.4, -0.2) is 40.8 Å². The van der Waals surface area contributed by atoms with E-state index in [1.165, 1.54) is 0 Å². The van der Waals surface area contributed by atoms with Gasteiger partial charge >= 0.3 is 6.09 Å². The normalized spacial score (nSPS) is 18.1. The largest absolute Gasteiger partial charge is 0.444 e. The fourth-order valence-electron chi connectivity index (χ4n) is 2.48. The molecule has 0 bridgehead atoms. The van der Waals surface area contributed by atoms with Crippen LogP contribution < -0.4 is 0 Å². The molecule has 0 N–H and O–H groups in total. The van der Waals surface area contributed by atoms with Crippen molar-refractivity contribution >= 4 is 6.09 Å². The Morgan fingerprint density at radius 1 is 1.32 bits per heavy atom. The van der Waals surface area contributed by atoms with Gasteiger partial charge in [0.2, 0.25) is 0 Å². The number of nitrogens with zero attached hydrogens (tertiary/aromatic N) is 2. The summed E-state index contributed by atoms with van der Waals surface area (Å²) in [6.45, 7) is 9.02. The maximum absolute atomic E-state index is 12.0. The summed E-state index contributed by atoms with van der Waals surface area (Å²) in [5.74, 6) is 0. The molecule has 5 nitrogen and oxygen atoms in total. The van der Waals surface area contributed by atoms with Crippen molar-refractivity contribution in [2.75, 3.05) is 13.1 Å². The molecule has 5 heteroatoms. The lowest BCUT2D eigenvalue weighted by Crippen LogP contribution is -2.43. The molecule has 1 aliphatic rings. The Hall–Kier alpha value is -1.62. The van der Waals surface area contributed by atoms with Crippen LogP contribution >= 0.6 is 0 Å². The number of amides is 1. The van der Waals surface area contributed by atoms with Crippen LogP contribution in [-0.2, 0) is 9.47 Å². The van der Waals surface area contributed by atoms with Gasteiger partial charge in [0.1, 0.15) is 5.60 Å². The van der Waals surface area contributed by atoms with Crippen molar-refractivity contribution in [3.63, 3.8) is 0 Å². The Morgan fingerprint density at radius 3 is 2.55 bits per heavy atom. The molecule has 1 amide bonds. The fraction of sp³-hybridized carbons (Fsp3) is 0.647.